The minimum atomic E-state index is -0.280. The molecule has 0 saturated heterocycles. The van der Waals surface area contributed by atoms with Crippen molar-refractivity contribution >= 4 is 16.9 Å². The fourth-order valence-electron chi connectivity index (χ4n) is 2.14. The largest absolute Gasteiger partial charge is 0.465 e. The van der Waals surface area contributed by atoms with E-state index in [1.54, 1.807) is 6.20 Å². The highest BCUT2D eigenvalue weighted by Crippen LogP contribution is 2.15. The number of fused-ring (bicyclic) bond motifs is 1. The first-order valence-electron chi connectivity index (χ1n) is 6.95. The third kappa shape index (κ3) is 3.54. The maximum absolute atomic E-state index is 11.5. The van der Waals surface area contributed by atoms with Crippen molar-refractivity contribution in [3.8, 4) is 0 Å². The number of aromatic nitrogens is 1. The van der Waals surface area contributed by atoms with Gasteiger partial charge in [0.1, 0.15) is 6.04 Å². The lowest BCUT2D eigenvalue weighted by Gasteiger charge is -2.12. The lowest BCUT2D eigenvalue weighted by atomic mass is 10.1. The van der Waals surface area contributed by atoms with Crippen LogP contribution in [0.5, 0.6) is 0 Å². The Morgan fingerprint density at radius 2 is 2.15 bits per heavy atom. The molecule has 0 spiro atoms. The number of ether oxygens (including phenoxy) is 1. The first-order chi connectivity index (χ1) is 9.72. The molecule has 0 amide bonds. The quantitative estimate of drug-likeness (QED) is 0.820. The Bertz CT molecular complexity index is 578. The number of pyridine rings is 1. The van der Waals surface area contributed by atoms with Gasteiger partial charge >= 0.3 is 5.97 Å². The van der Waals surface area contributed by atoms with E-state index < -0.39 is 0 Å². The van der Waals surface area contributed by atoms with Crippen LogP contribution < -0.4 is 5.32 Å². The van der Waals surface area contributed by atoms with Crippen LogP contribution in [0, 0.1) is 0 Å². The predicted molar refractivity (Wildman–Crippen MR) is 79.5 cm³/mol. The Balaban J connectivity index is 1.95. The molecule has 1 atom stereocenters. The van der Waals surface area contributed by atoms with Gasteiger partial charge in [-0.3, -0.25) is 9.78 Å². The second-order valence-electron chi connectivity index (χ2n) is 4.67. The molecule has 0 aliphatic heterocycles. The number of rotatable bonds is 6. The van der Waals surface area contributed by atoms with Crippen molar-refractivity contribution in [3.63, 3.8) is 0 Å². The molecule has 0 radical (unpaired) electrons. The predicted octanol–water partition coefficient (Wildman–Crippen LogP) is 2.32. The van der Waals surface area contributed by atoms with E-state index in [1.807, 2.05) is 26.0 Å². The second-order valence-corrected chi connectivity index (χ2v) is 4.67. The number of nitrogens with one attached hydrogen (secondary N) is 1. The second kappa shape index (κ2) is 7.01. The van der Waals surface area contributed by atoms with Crippen LogP contribution in [0.2, 0.25) is 0 Å². The van der Waals surface area contributed by atoms with E-state index >= 15 is 0 Å². The van der Waals surface area contributed by atoms with Gasteiger partial charge in [0, 0.05) is 18.1 Å². The number of hydrogen-bond donors (Lipinski definition) is 1. The summed E-state index contributed by atoms with van der Waals surface area (Å²) in [6, 6.07) is 9.88. The summed E-state index contributed by atoms with van der Waals surface area (Å²) < 4.78 is 4.96. The molecular weight excluding hydrogens is 252 g/mol. The van der Waals surface area contributed by atoms with Gasteiger partial charge in [-0.15, -0.1) is 0 Å². The molecule has 106 valence electrons. The summed E-state index contributed by atoms with van der Waals surface area (Å²) in [4.78, 5) is 15.9. The summed E-state index contributed by atoms with van der Waals surface area (Å²) in [6.45, 7) is 4.76. The molecular formula is C16H20N2O2. The van der Waals surface area contributed by atoms with E-state index in [9.17, 15) is 4.79 Å². The van der Waals surface area contributed by atoms with Gasteiger partial charge in [-0.1, -0.05) is 24.3 Å². The Kier molecular flexibility index (Phi) is 5.07. The third-order valence-corrected chi connectivity index (χ3v) is 3.20. The van der Waals surface area contributed by atoms with Crippen LogP contribution in [0.3, 0.4) is 0 Å². The number of hydrogen-bond acceptors (Lipinski definition) is 4. The number of nitrogens with zero attached hydrogens (tertiary/aromatic N) is 1. The van der Waals surface area contributed by atoms with E-state index in [4.69, 9.17) is 4.74 Å². The van der Waals surface area contributed by atoms with Crippen molar-refractivity contribution in [3.05, 3.63) is 42.1 Å². The standard InChI is InChI=1S/C16H20N2O2/c1-3-20-16(19)12(2)17-11-9-14-7-4-6-13-8-5-10-18-15(13)14/h4-8,10,12,17H,3,9,11H2,1-2H3. The molecule has 0 saturated carbocycles. The van der Waals surface area contributed by atoms with E-state index in [0.717, 1.165) is 23.9 Å². The minimum absolute atomic E-state index is 0.205. The summed E-state index contributed by atoms with van der Waals surface area (Å²) in [5, 5.41) is 4.32. The Hall–Kier alpha value is -1.94. The Morgan fingerprint density at radius 3 is 2.95 bits per heavy atom. The Morgan fingerprint density at radius 1 is 1.35 bits per heavy atom. The number of benzene rings is 1. The fraction of sp³-hybridized carbons (Fsp3) is 0.375. The van der Waals surface area contributed by atoms with E-state index in [1.165, 1.54) is 5.56 Å². The van der Waals surface area contributed by atoms with Crippen molar-refractivity contribution in [1.82, 2.24) is 10.3 Å². The summed E-state index contributed by atoms with van der Waals surface area (Å²) in [7, 11) is 0. The maximum atomic E-state index is 11.5. The molecule has 4 heteroatoms. The molecule has 4 nitrogen and oxygen atoms in total. The molecule has 1 aromatic heterocycles. The summed E-state index contributed by atoms with van der Waals surface area (Å²) in [5.41, 5.74) is 2.22. The normalized spacial score (nSPS) is 12.3. The Labute approximate surface area is 119 Å². The van der Waals surface area contributed by atoms with Crippen molar-refractivity contribution in [2.45, 2.75) is 26.3 Å². The van der Waals surface area contributed by atoms with Crippen LogP contribution >= 0.6 is 0 Å². The first-order valence-corrected chi connectivity index (χ1v) is 6.95. The first kappa shape index (κ1) is 14.5. The maximum Gasteiger partial charge on any atom is 0.322 e. The topological polar surface area (TPSA) is 51.2 Å². The van der Waals surface area contributed by atoms with Crippen molar-refractivity contribution in [2.75, 3.05) is 13.2 Å². The molecule has 2 rings (SSSR count). The minimum Gasteiger partial charge on any atom is -0.465 e. The van der Waals surface area contributed by atoms with Crippen molar-refractivity contribution < 1.29 is 9.53 Å². The molecule has 0 fully saturated rings. The molecule has 1 heterocycles. The monoisotopic (exact) mass is 272 g/mol. The molecule has 1 aromatic carbocycles. The highest BCUT2D eigenvalue weighted by atomic mass is 16.5. The average molecular weight is 272 g/mol. The number of carbonyl (C=O) groups is 1. The molecule has 1 unspecified atom stereocenters. The highest BCUT2D eigenvalue weighted by molar-refractivity contribution is 5.81. The van der Waals surface area contributed by atoms with Gasteiger partial charge in [0.2, 0.25) is 0 Å². The van der Waals surface area contributed by atoms with E-state index in [2.05, 4.69) is 28.5 Å². The molecule has 0 aliphatic rings. The molecule has 0 bridgehead atoms. The molecule has 1 N–H and O–H groups in total. The van der Waals surface area contributed by atoms with Gasteiger partial charge in [-0.05, 0) is 31.9 Å². The van der Waals surface area contributed by atoms with Gasteiger partial charge in [0.25, 0.3) is 0 Å². The van der Waals surface area contributed by atoms with Crippen LogP contribution in [-0.4, -0.2) is 30.1 Å². The van der Waals surface area contributed by atoms with Crippen LogP contribution in [-0.2, 0) is 16.0 Å². The third-order valence-electron chi connectivity index (χ3n) is 3.20. The van der Waals surface area contributed by atoms with Gasteiger partial charge < -0.3 is 10.1 Å². The van der Waals surface area contributed by atoms with Crippen LogP contribution in [0.25, 0.3) is 10.9 Å². The lowest BCUT2D eigenvalue weighted by molar-refractivity contribution is -0.145. The number of esters is 1. The zero-order chi connectivity index (χ0) is 14.4. The summed E-state index contributed by atoms with van der Waals surface area (Å²) in [6.07, 6.45) is 2.64. The smallest absolute Gasteiger partial charge is 0.322 e. The van der Waals surface area contributed by atoms with Crippen LogP contribution in [0.4, 0.5) is 0 Å². The highest BCUT2D eigenvalue weighted by Gasteiger charge is 2.12. The zero-order valence-electron chi connectivity index (χ0n) is 11.9. The van der Waals surface area contributed by atoms with E-state index in [0.29, 0.717) is 6.61 Å². The molecule has 20 heavy (non-hydrogen) atoms. The van der Waals surface area contributed by atoms with Gasteiger partial charge in [-0.2, -0.15) is 0 Å². The van der Waals surface area contributed by atoms with Gasteiger partial charge in [0.05, 0.1) is 12.1 Å². The number of carbonyl (C=O) groups excluding carboxylic acids is 1. The van der Waals surface area contributed by atoms with Crippen LogP contribution in [0.15, 0.2) is 36.5 Å². The van der Waals surface area contributed by atoms with Crippen molar-refractivity contribution in [2.24, 2.45) is 0 Å². The summed E-state index contributed by atoms with van der Waals surface area (Å²) in [5.74, 6) is -0.205. The SMILES string of the molecule is CCOC(=O)C(C)NCCc1cccc2cccnc12. The van der Waals surface area contributed by atoms with Gasteiger partial charge in [-0.25, -0.2) is 0 Å². The van der Waals surface area contributed by atoms with Gasteiger partial charge in [0.15, 0.2) is 0 Å². The van der Waals surface area contributed by atoms with Crippen molar-refractivity contribution in [1.29, 1.82) is 0 Å². The molecule has 2 aromatic rings. The lowest BCUT2D eigenvalue weighted by Crippen LogP contribution is -2.36. The zero-order valence-corrected chi connectivity index (χ0v) is 11.9. The average Bonchev–Trinajstić information content (AvgIpc) is 2.47. The molecule has 0 aliphatic carbocycles. The summed E-state index contributed by atoms with van der Waals surface area (Å²) >= 11 is 0. The fourth-order valence-corrected chi connectivity index (χ4v) is 2.14. The van der Waals surface area contributed by atoms with E-state index in [-0.39, 0.29) is 12.0 Å². The van der Waals surface area contributed by atoms with Crippen LogP contribution in [0.1, 0.15) is 19.4 Å². The number of para-hydroxylation sites is 1.